The molecule has 1 aromatic heterocycles. The highest BCUT2D eigenvalue weighted by Gasteiger charge is 2.18. The normalized spacial score (nSPS) is 17.2. The van der Waals surface area contributed by atoms with Crippen LogP contribution < -0.4 is 10.6 Å². The third-order valence-electron chi connectivity index (χ3n) is 3.71. The largest absolute Gasteiger partial charge is 0.381 e. The number of aromatic nitrogens is 1. The molecule has 1 saturated carbocycles. The number of amides is 1. The maximum Gasteiger partial charge on any atom is 0.270 e. The van der Waals surface area contributed by atoms with Crippen LogP contribution in [-0.2, 0) is 0 Å². The lowest BCUT2D eigenvalue weighted by Crippen LogP contribution is -2.33. The molecule has 1 aliphatic rings. The molecule has 2 rings (SSSR count). The highest BCUT2D eigenvalue weighted by molar-refractivity contribution is 5.92. The lowest BCUT2D eigenvalue weighted by atomic mass is 10.2. The van der Waals surface area contributed by atoms with Crippen molar-refractivity contribution in [2.45, 2.75) is 58.0 Å². The van der Waals surface area contributed by atoms with E-state index >= 15 is 0 Å². The molecule has 0 radical (unpaired) electrons. The molecule has 1 fully saturated rings. The number of nitrogens with one attached hydrogen (secondary N) is 2. The lowest BCUT2D eigenvalue weighted by Gasteiger charge is -2.14. The molecule has 0 aliphatic heterocycles. The zero-order valence-electron chi connectivity index (χ0n) is 11.8. The fourth-order valence-electron chi connectivity index (χ4n) is 2.33. The molecule has 4 nitrogen and oxygen atoms in total. The van der Waals surface area contributed by atoms with Gasteiger partial charge in [0, 0.05) is 12.1 Å². The van der Waals surface area contributed by atoms with Gasteiger partial charge in [-0.05, 0) is 38.3 Å². The van der Waals surface area contributed by atoms with E-state index in [1.807, 2.05) is 6.07 Å². The fraction of sp³-hybridized carbons (Fsp3) is 0.600. The Morgan fingerprint density at radius 1 is 1.42 bits per heavy atom. The Hall–Kier alpha value is -1.58. The summed E-state index contributed by atoms with van der Waals surface area (Å²) >= 11 is 0. The molecular formula is C15H23N3O. The minimum Gasteiger partial charge on any atom is -0.381 e. The zero-order chi connectivity index (χ0) is 13.7. The molecule has 104 valence electrons. The van der Waals surface area contributed by atoms with Crippen LogP contribution in [0, 0.1) is 0 Å². The summed E-state index contributed by atoms with van der Waals surface area (Å²) in [5, 5.41) is 6.38. The molecule has 0 saturated heterocycles. The van der Waals surface area contributed by atoms with Gasteiger partial charge in [-0.1, -0.05) is 19.8 Å². The average molecular weight is 261 g/mol. The van der Waals surface area contributed by atoms with Crippen LogP contribution in [0.15, 0.2) is 18.3 Å². The minimum absolute atomic E-state index is 0.0537. The number of hydrogen-bond donors (Lipinski definition) is 2. The van der Waals surface area contributed by atoms with E-state index < -0.39 is 0 Å². The molecule has 0 spiro atoms. The minimum atomic E-state index is -0.0537. The summed E-state index contributed by atoms with van der Waals surface area (Å²) in [6.45, 7) is 4.26. The Balaban J connectivity index is 1.91. The van der Waals surface area contributed by atoms with Gasteiger partial charge in [-0.3, -0.25) is 4.79 Å². The monoisotopic (exact) mass is 261 g/mol. The van der Waals surface area contributed by atoms with Crippen LogP contribution in [0.1, 0.15) is 56.4 Å². The predicted octanol–water partition coefficient (Wildman–Crippen LogP) is 2.96. The highest BCUT2D eigenvalue weighted by atomic mass is 16.1. The molecule has 1 aromatic rings. The van der Waals surface area contributed by atoms with Crippen LogP contribution in [0.25, 0.3) is 0 Å². The maximum atomic E-state index is 12.0. The van der Waals surface area contributed by atoms with Crippen molar-refractivity contribution in [2.75, 3.05) is 5.32 Å². The molecule has 1 amide bonds. The molecule has 4 heteroatoms. The van der Waals surface area contributed by atoms with Gasteiger partial charge in [0.1, 0.15) is 5.69 Å². The van der Waals surface area contributed by atoms with Crippen molar-refractivity contribution in [3.63, 3.8) is 0 Å². The Bertz CT molecular complexity index is 410. The van der Waals surface area contributed by atoms with Gasteiger partial charge in [0.15, 0.2) is 0 Å². The van der Waals surface area contributed by atoms with E-state index in [1.54, 1.807) is 12.3 Å². The smallest absolute Gasteiger partial charge is 0.270 e. The summed E-state index contributed by atoms with van der Waals surface area (Å²) in [5.74, 6) is -0.0537. The van der Waals surface area contributed by atoms with E-state index in [0.29, 0.717) is 17.8 Å². The van der Waals surface area contributed by atoms with Gasteiger partial charge < -0.3 is 10.6 Å². The van der Waals surface area contributed by atoms with Gasteiger partial charge in [-0.15, -0.1) is 0 Å². The van der Waals surface area contributed by atoms with Gasteiger partial charge in [-0.2, -0.15) is 0 Å². The molecule has 19 heavy (non-hydrogen) atoms. The molecule has 1 atom stereocenters. The number of anilines is 1. The highest BCUT2D eigenvalue weighted by Crippen LogP contribution is 2.18. The van der Waals surface area contributed by atoms with Gasteiger partial charge in [-0.25, -0.2) is 4.98 Å². The molecule has 1 heterocycles. The molecule has 0 bridgehead atoms. The van der Waals surface area contributed by atoms with Crippen LogP contribution in [0.4, 0.5) is 5.69 Å². The molecule has 1 aliphatic carbocycles. The van der Waals surface area contributed by atoms with Crippen molar-refractivity contribution in [1.29, 1.82) is 0 Å². The van der Waals surface area contributed by atoms with E-state index in [2.05, 4.69) is 29.5 Å². The number of hydrogen-bond acceptors (Lipinski definition) is 3. The summed E-state index contributed by atoms with van der Waals surface area (Å²) < 4.78 is 0. The first kappa shape index (κ1) is 13.8. The zero-order valence-corrected chi connectivity index (χ0v) is 11.8. The quantitative estimate of drug-likeness (QED) is 0.856. The Kier molecular flexibility index (Phi) is 4.77. The first-order chi connectivity index (χ1) is 9.19. The SMILES string of the molecule is CCC(C)Nc1ccc(C(=O)NC2CCCC2)nc1. The Labute approximate surface area is 115 Å². The number of pyridine rings is 1. The van der Waals surface area contributed by atoms with Gasteiger partial charge in [0.2, 0.25) is 0 Å². The third-order valence-corrected chi connectivity index (χ3v) is 3.71. The molecule has 1 unspecified atom stereocenters. The average Bonchev–Trinajstić information content (AvgIpc) is 2.92. The number of nitrogens with zero attached hydrogens (tertiary/aromatic N) is 1. The van der Waals surface area contributed by atoms with E-state index in [4.69, 9.17) is 0 Å². The first-order valence-corrected chi connectivity index (χ1v) is 7.22. The second kappa shape index (κ2) is 6.55. The van der Waals surface area contributed by atoms with Gasteiger partial charge >= 0.3 is 0 Å². The van der Waals surface area contributed by atoms with Crippen molar-refractivity contribution in [3.8, 4) is 0 Å². The van der Waals surface area contributed by atoms with Crippen LogP contribution in [0.3, 0.4) is 0 Å². The number of carbonyl (C=O) groups is 1. The molecule has 2 N–H and O–H groups in total. The second-order valence-electron chi connectivity index (χ2n) is 5.34. The van der Waals surface area contributed by atoms with Crippen LogP contribution in [0.2, 0.25) is 0 Å². The standard InChI is InChI=1S/C15H23N3O/c1-3-11(2)17-13-8-9-14(16-10-13)15(19)18-12-6-4-5-7-12/h8-12,17H,3-7H2,1-2H3,(H,18,19). The van der Waals surface area contributed by atoms with Crippen molar-refractivity contribution < 1.29 is 4.79 Å². The van der Waals surface area contributed by atoms with Crippen molar-refractivity contribution in [3.05, 3.63) is 24.0 Å². The van der Waals surface area contributed by atoms with Crippen molar-refractivity contribution >= 4 is 11.6 Å². The summed E-state index contributed by atoms with van der Waals surface area (Å²) in [7, 11) is 0. The fourth-order valence-corrected chi connectivity index (χ4v) is 2.33. The van der Waals surface area contributed by atoms with Gasteiger partial charge in [0.25, 0.3) is 5.91 Å². The summed E-state index contributed by atoms with van der Waals surface area (Å²) in [6, 6.07) is 4.46. The first-order valence-electron chi connectivity index (χ1n) is 7.22. The topological polar surface area (TPSA) is 54.0 Å². The van der Waals surface area contributed by atoms with Crippen molar-refractivity contribution in [1.82, 2.24) is 10.3 Å². The Morgan fingerprint density at radius 3 is 2.74 bits per heavy atom. The third kappa shape index (κ3) is 3.94. The van der Waals surface area contributed by atoms with E-state index in [1.165, 1.54) is 12.8 Å². The van der Waals surface area contributed by atoms with Crippen LogP contribution in [0.5, 0.6) is 0 Å². The summed E-state index contributed by atoms with van der Waals surface area (Å²) in [6.07, 6.45) is 7.42. The number of carbonyl (C=O) groups excluding carboxylic acids is 1. The van der Waals surface area contributed by atoms with Crippen LogP contribution >= 0.6 is 0 Å². The van der Waals surface area contributed by atoms with E-state index in [9.17, 15) is 4.79 Å². The van der Waals surface area contributed by atoms with Gasteiger partial charge in [0.05, 0.1) is 11.9 Å². The van der Waals surface area contributed by atoms with Crippen molar-refractivity contribution in [2.24, 2.45) is 0 Å². The van der Waals surface area contributed by atoms with Crippen LogP contribution in [-0.4, -0.2) is 23.0 Å². The number of rotatable bonds is 5. The maximum absolute atomic E-state index is 12.0. The molecule has 0 aromatic carbocycles. The second-order valence-corrected chi connectivity index (χ2v) is 5.34. The van der Waals surface area contributed by atoms with E-state index in [0.717, 1.165) is 24.9 Å². The van der Waals surface area contributed by atoms with E-state index in [-0.39, 0.29) is 5.91 Å². The summed E-state index contributed by atoms with van der Waals surface area (Å²) in [5.41, 5.74) is 1.47. The Morgan fingerprint density at radius 2 is 2.16 bits per heavy atom. The lowest BCUT2D eigenvalue weighted by molar-refractivity contribution is 0.0933. The predicted molar refractivity (Wildman–Crippen MR) is 77.3 cm³/mol. The molecular weight excluding hydrogens is 238 g/mol. The summed E-state index contributed by atoms with van der Waals surface area (Å²) in [4.78, 5) is 16.2.